The monoisotopic (exact) mass is 324 g/mol. The highest BCUT2D eigenvalue weighted by Crippen LogP contribution is 2.21. The molecule has 0 saturated heterocycles. The van der Waals surface area contributed by atoms with E-state index in [1.165, 1.54) is 0 Å². The van der Waals surface area contributed by atoms with Crippen LogP contribution in [0.1, 0.15) is 12.5 Å². The van der Waals surface area contributed by atoms with Crippen LogP contribution in [0.5, 0.6) is 0 Å². The molecule has 1 heterocycles. The summed E-state index contributed by atoms with van der Waals surface area (Å²) in [4.78, 5) is 4.62. The van der Waals surface area contributed by atoms with Crippen LogP contribution >= 0.6 is 11.6 Å². The molecule has 0 atom stereocenters. The minimum Gasteiger partial charge on any atom is -0.398 e. The van der Waals surface area contributed by atoms with E-state index in [1.807, 2.05) is 56.4 Å². The molecule has 0 bridgehead atoms. The average Bonchev–Trinajstić information content (AvgIpc) is 2.56. The number of anilines is 2. The molecule has 116 valence electrons. The molecule has 0 amide bonds. The lowest BCUT2D eigenvalue weighted by Crippen LogP contribution is -2.14. The Hall–Kier alpha value is -2.59. The first-order valence-corrected chi connectivity index (χ1v) is 7.62. The van der Waals surface area contributed by atoms with Crippen molar-refractivity contribution in [3.8, 4) is 0 Å². The highest BCUT2D eigenvalue weighted by atomic mass is 35.5. The Labute approximate surface area is 140 Å². The number of pyridine rings is 1. The van der Waals surface area contributed by atoms with E-state index in [0.29, 0.717) is 10.7 Å². The van der Waals surface area contributed by atoms with E-state index in [-0.39, 0.29) is 0 Å². The van der Waals surface area contributed by atoms with Crippen molar-refractivity contribution in [3.63, 3.8) is 0 Å². The topological polar surface area (TPSA) is 54.5 Å². The van der Waals surface area contributed by atoms with Gasteiger partial charge in [-0.15, -0.1) is 0 Å². The van der Waals surface area contributed by atoms with Crippen LogP contribution < -0.4 is 10.7 Å². The number of benzene rings is 2. The number of rotatable bonds is 3. The summed E-state index contributed by atoms with van der Waals surface area (Å²) in [6.45, 7) is 1.90. The molecule has 3 rings (SSSR count). The van der Waals surface area contributed by atoms with Gasteiger partial charge < -0.3 is 5.73 Å². The van der Waals surface area contributed by atoms with Crippen LogP contribution in [-0.2, 0) is 0 Å². The number of nitrogens with zero attached hydrogens (tertiary/aromatic N) is 3. The van der Waals surface area contributed by atoms with Crippen molar-refractivity contribution in [1.29, 1.82) is 0 Å². The number of hydrogen-bond donors (Lipinski definition) is 1. The molecule has 0 radical (unpaired) electrons. The molecule has 23 heavy (non-hydrogen) atoms. The van der Waals surface area contributed by atoms with Crippen LogP contribution in [0.4, 0.5) is 11.5 Å². The van der Waals surface area contributed by atoms with Crippen molar-refractivity contribution in [3.05, 3.63) is 65.2 Å². The zero-order valence-corrected chi connectivity index (χ0v) is 13.7. The Kier molecular flexibility index (Phi) is 4.17. The van der Waals surface area contributed by atoms with Crippen molar-refractivity contribution in [2.45, 2.75) is 6.92 Å². The third-order valence-corrected chi connectivity index (χ3v) is 3.86. The SMILES string of the molecule is C/C(=N\N(C)c1ccc2ccccc2n1)c1cc(Cl)ccc1N. The summed E-state index contributed by atoms with van der Waals surface area (Å²) < 4.78 is 0. The van der Waals surface area contributed by atoms with E-state index in [0.717, 1.165) is 28.0 Å². The Morgan fingerprint density at radius 1 is 1.13 bits per heavy atom. The maximum absolute atomic E-state index is 6.04. The van der Waals surface area contributed by atoms with E-state index < -0.39 is 0 Å². The number of hydrazone groups is 1. The van der Waals surface area contributed by atoms with Gasteiger partial charge in [0.05, 0.1) is 11.2 Å². The maximum Gasteiger partial charge on any atom is 0.149 e. The molecular formula is C18H17ClN4. The summed E-state index contributed by atoms with van der Waals surface area (Å²) in [5.41, 5.74) is 9.20. The molecule has 0 aliphatic rings. The predicted molar refractivity (Wildman–Crippen MR) is 98.2 cm³/mol. The molecule has 0 fully saturated rings. The molecule has 2 N–H and O–H groups in total. The first kappa shape index (κ1) is 15.3. The van der Waals surface area contributed by atoms with Gasteiger partial charge in [-0.2, -0.15) is 5.10 Å². The number of nitrogens with two attached hydrogens (primary N) is 1. The smallest absolute Gasteiger partial charge is 0.149 e. The zero-order chi connectivity index (χ0) is 16.4. The molecule has 4 nitrogen and oxygen atoms in total. The highest BCUT2D eigenvalue weighted by Gasteiger charge is 2.07. The normalized spacial score (nSPS) is 11.7. The fourth-order valence-electron chi connectivity index (χ4n) is 2.41. The predicted octanol–water partition coefficient (Wildman–Crippen LogP) is 4.33. The first-order valence-electron chi connectivity index (χ1n) is 7.25. The second-order valence-corrected chi connectivity index (χ2v) is 5.74. The van der Waals surface area contributed by atoms with Crippen LogP contribution in [0, 0.1) is 0 Å². The number of hydrogen-bond acceptors (Lipinski definition) is 4. The van der Waals surface area contributed by atoms with Gasteiger partial charge in [-0.25, -0.2) is 4.98 Å². The molecule has 0 saturated carbocycles. The fraction of sp³-hybridized carbons (Fsp3) is 0.111. The van der Waals surface area contributed by atoms with Crippen LogP contribution in [0.15, 0.2) is 59.7 Å². The van der Waals surface area contributed by atoms with E-state index in [2.05, 4.69) is 10.1 Å². The Bertz CT molecular complexity index is 889. The molecular weight excluding hydrogens is 308 g/mol. The number of fused-ring (bicyclic) bond motifs is 1. The molecule has 1 aromatic heterocycles. The van der Waals surface area contributed by atoms with Gasteiger partial charge in [0.15, 0.2) is 0 Å². The van der Waals surface area contributed by atoms with Crippen molar-refractivity contribution < 1.29 is 0 Å². The number of para-hydroxylation sites is 1. The highest BCUT2D eigenvalue weighted by molar-refractivity contribution is 6.31. The van der Waals surface area contributed by atoms with Gasteiger partial charge in [0.1, 0.15) is 5.82 Å². The standard InChI is InChI=1S/C18H17ClN4/c1-12(15-11-14(19)8-9-16(15)20)22-23(2)18-10-7-13-5-3-4-6-17(13)21-18/h3-11H,20H2,1-2H3/b22-12+. The summed E-state index contributed by atoms with van der Waals surface area (Å²) >= 11 is 6.04. The quantitative estimate of drug-likeness (QED) is 0.443. The van der Waals surface area contributed by atoms with Gasteiger partial charge in [0.2, 0.25) is 0 Å². The Balaban J connectivity index is 1.94. The van der Waals surface area contributed by atoms with Crippen LogP contribution in [0.25, 0.3) is 10.9 Å². The van der Waals surface area contributed by atoms with Crippen LogP contribution in [-0.4, -0.2) is 17.7 Å². The molecule has 0 aliphatic heterocycles. The fourth-order valence-corrected chi connectivity index (χ4v) is 2.58. The summed E-state index contributed by atoms with van der Waals surface area (Å²) in [6.07, 6.45) is 0. The van der Waals surface area contributed by atoms with Crippen LogP contribution in [0.2, 0.25) is 5.02 Å². The zero-order valence-electron chi connectivity index (χ0n) is 13.0. The largest absolute Gasteiger partial charge is 0.398 e. The van der Waals surface area contributed by atoms with Crippen molar-refractivity contribution >= 4 is 39.7 Å². The van der Waals surface area contributed by atoms with Gasteiger partial charge in [0.25, 0.3) is 0 Å². The molecule has 5 heteroatoms. The van der Waals surface area contributed by atoms with Gasteiger partial charge in [0, 0.05) is 28.7 Å². The third-order valence-electron chi connectivity index (χ3n) is 3.62. The molecule has 3 aromatic rings. The van der Waals surface area contributed by atoms with Gasteiger partial charge in [-0.3, -0.25) is 5.01 Å². The van der Waals surface area contributed by atoms with Crippen LogP contribution in [0.3, 0.4) is 0 Å². The summed E-state index contributed by atoms with van der Waals surface area (Å²) in [5.74, 6) is 0.767. The van der Waals surface area contributed by atoms with Crippen molar-refractivity contribution in [1.82, 2.24) is 4.98 Å². The van der Waals surface area contributed by atoms with E-state index >= 15 is 0 Å². The minimum absolute atomic E-state index is 0.634. The molecule has 0 aliphatic carbocycles. The van der Waals surface area contributed by atoms with Gasteiger partial charge in [-0.1, -0.05) is 29.8 Å². The van der Waals surface area contributed by atoms with E-state index in [4.69, 9.17) is 17.3 Å². The van der Waals surface area contributed by atoms with E-state index in [1.54, 1.807) is 17.1 Å². The Morgan fingerprint density at radius 3 is 2.74 bits per heavy atom. The third kappa shape index (κ3) is 3.27. The number of aromatic nitrogens is 1. The first-order chi connectivity index (χ1) is 11.0. The number of nitrogen functional groups attached to an aromatic ring is 1. The summed E-state index contributed by atoms with van der Waals surface area (Å²) in [6, 6.07) is 17.3. The number of halogens is 1. The lowest BCUT2D eigenvalue weighted by atomic mass is 10.1. The lowest BCUT2D eigenvalue weighted by Gasteiger charge is -2.15. The van der Waals surface area contributed by atoms with Crippen molar-refractivity contribution in [2.24, 2.45) is 5.10 Å². The Morgan fingerprint density at radius 2 is 1.91 bits per heavy atom. The molecule has 2 aromatic carbocycles. The van der Waals surface area contributed by atoms with E-state index in [9.17, 15) is 0 Å². The summed E-state index contributed by atoms with van der Waals surface area (Å²) in [7, 11) is 1.86. The van der Waals surface area contributed by atoms with Crippen molar-refractivity contribution in [2.75, 3.05) is 17.8 Å². The second-order valence-electron chi connectivity index (χ2n) is 5.30. The maximum atomic E-state index is 6.04. The minimum atomic E-state index is 0.634. The molecule has 0 spiro atoms. The van der Waals surface area contributed by atoms with Gasteiger partial charge in [-0.05, 0) is 43.3 Å². The second kappa shape index (κ2) is 6.26. The summed E-state index contributed by atoms with van der Waals surface area (Å²) in [5, 5.41) is 8.05. The molecule has 0 unspecified atom stereocenters. The van der Waals surface area contributed by atoms with Gasteiger partial charge >= 0.3 is 0 Å². The lowest BCUT2D eigenvalue weighted by molar-refractivity contribution is 0.983. The average molecular weight is 325 g/mol.